The van der Waals surface area contributed by atoms with E-state index in [1.54, 1.807) is 4.90 Å². The molecule has 3 rings (SSSR count). The van der Waals surface area contributed by atoms with Crippen LogP contribution in [-0.2, 0) is 9.53 Å². The number of hydrogen-bond acceptors (Lipinski definition) is 3. The number of urea groups is 1. The van der Waals surface area contributed by atoms with E-state index in [0.29, 0.717) is 6.54 Å². The number of hydrogen-bond donors (Lipinski definition) is 1. The molecule has 5 heteroatoms. The van der Waals surface area contributed by atoms with Gasteiger partial charge in [0.05, 0.1) is 12.2 Å². The van der Waals surface area contributed by atoms with E-state index >= 15 is 0 Å². The molecule has 2 saturated heterocycles. The molecule has 3 aliphatic rings. The quantitative estimate of drug-likeness (QED) is 0.756. The fourth-order valence-electron chi connectivity index (χ4n) is 3.54. The van der Waals surface area contributed by atoms with Crippen molar-refractivity contribution < 1.29 is 14.3 Å². The van der Waals surface area contributed by atoms with Crippen LogP contribution in [0.1, 0.15) is 45.4 Å². The van der Waals surface area contributed by atoms with Gasteiger partial charge in [0.1, 0.15) is 5.54 Å². The Balaban J connectivity index is 1.76. The Morgan fingerprint density at radius 2 is 2.06 bits per heavy atom. The molecular formula is C13H20N2O3. The van der Waals surface area contributed by atoms with Gasteiger partial charge in [0.25, 0.3) is 5.91 Å². The lowest BCUT2D eigenvalue weighted by Gasteiger charge is -2.33. The molecule has 3 amide bonds. The van der Waals surface area contributed by atoms with Crippen LogP contribution in [0.3, 0.4) is 0 Å². The minimum absolute atomic E-state index is 0.0918. The third-order valence-corrected chi connectivity index (χ3v) is 4.54. The van der Waals surface area contributed by atoms with Gasteiger partial charge in [-0.1, -0.05) is 12.8 Å². The Labute approximate surface area is 107 Å². The minimum Gasteiger partial charge on any atom is -0.373 e. The predicted octanol–water partition coefficient (Wildman–Crippen LogP) is 1.42. The van der Waals surface area contributed by atoms with Gasteiger partial charge in [-0.15, -0.1) is 0 Å². The van der Waals surface area contributed by atoms with Crippen molar-refractivity contribution in [3.8, 4) is 0 Å². The first-order chi connectivity index (χ1) is 8.62. The molecule has 0 aromatic rings. The number of nitrogens with zero attached hydrogens (tertiary/aromatic N) is 1. The zero-order chi connectivity index (χ0) is 12.8. The summed E-state index contributed by atoms with van der Waals surface area (Å²) in [5, 5.41) is 2.48. The van der Waals surface area contributed by atoms with Crippen molar-refractivity contribution in [2.45, 2.75) is 63.2 Å². The van der Waals surface area contributed by atoms with Crippen LogP contribution in [0.2, 0.25) is 0 Å². The molecule has 2 heterocycles. The lowest BCUT2D eigenvalue weighted by atomic mass is 9.95. The van der Waals surface area contributed by atoms with Crippen LogP contribution < -0.4 is 5.32 Å². The van der Waals surface area contributed by atoms with E-state index in [-0.39, 0.29) is 24.1 Å². The zero-order valence-electron chi connectivity index (χ0n) is 10.8. The number of carbonyl (C=O) groups is 2. The van der Waals surface area contributed by atoms with Gasteiger partial charge in [-0.05, 0) is 32.6 Å². The van der Waals surface area contributed by atoms with Gasteiger partial charge in [-0.2, -0.15) is 0 Å². The molecule has 0 radical (unpaired) electrons. The van der Waals surface area contributed by atoms with E-state index in [0.717, 1.165) is 38.5 Å². The molecule has 5 nitrogen and oxygen atoms in total. The highest BCUT2D eigenvalue weighted by atomic mass is 16.5. The van der Waals surface area contributed by atoms with Crippen molar-refractivity contribution in [2.24, 2.45) is 0 Å². The number of amides is 3. The molecule has 1 saturated carbocycles. The van der Waals surface area contributed by atoms with Crippen molar-refractivity contribution in [2.75, 3.05) is 6.54 Å². The third-order valence-electron chi connectivity index (χ3n) is 4.54. The standard InChI is InChI=1S/C13H20N2O3/c1-9-4-5-10(18-9)8-15-12(17)14-11(16)13(15)6-2-3-7-13/h9-10H,2-8H2,1H3,(H,14,16,17). The second kappa shape index (κ2) is 4.23. The van der Waals surface area contributed by atoms with Crippen molar-refractivity contribution >= 4 is 11.9 Å². The first-order valence-electron chi connectivity index (χ1n) is 6.90. The van der Waals surface area contributed by atoms with Crippen LogP contribution in [0, 0.1) is 0 Å². The van der Waals surface area contributed by atoms with Gasteiger partial charge in [-0.3, -0.25) is 10.1 Å². The lowest BCUT2D eigenvalue weighted by molar-refractivity contribution is -0.126. The number of rotatable bonds is 2. The molecule has 3 fully saturated rings. The van der Waals surface area contributed by atoms with Gasteiger partial charge in [0, 0.05) is 6.54 Å². The summed E-state index contributed by atoms with van der Waals surface area (Å²) in [5.41, 5.74) is -0.563. The maximum Gasteiger partial charge on any atom is 0.325 e. The highest BCUT2D eigenvalue weighted by Crippen LogP contribution is 2.39. The molecule has 2 unspecified atom stereocenters. The number of nitrogens with one attached hydrogen (secondary N) is 1. The van der Waals surface area contributed by atoms with Crippen molar-refractivity contribution in [1.82, 2.24) is 10.2 Å². The van der Waals surface area contributed by atoms with Gasteiger partial charge < -0.3 is 9.64 Å². The molecule has 1 spiro atoms. The van der Waals surface area contributed by atoms with E-state index in [1.165, 1.54) is 0 Å². The van der Waals surface area contributed by atoms with E-state index in [1.807, 2.05) is 0 Å². The average molecular weight is 252 g/mol. The number of imide groups is 1. The Morgan fingerprint density at radius 3 is 2.67 bits per heavy atom. The smallest absolute Gasteiger partial charge is 0.325 e. The maximum atomic E-state index is 12.0. The summed E-state index contributed by atoms with van der Waals surface area (Å²) in [6.45, 7) is 2.61. The Morgan fingerprint density at radius 1 is 1.33 bits per heavy atom. The molecule has 2 aliphatic heterocycles. The summed E-state index contributed by atoms with van der Waals surface area (Å²) in [5.74, 6) is -0.101. The normalized spacial score (nSPS) is 34.6. The van der Waals surface area contributed by atoms with Crippen LogP contribution in [-0.4, -0.2) is 41.1 Å². The van der Waals surface area contributed by atoms with Crippen molar-refractivity contribution in [3.05, 3.63) is 0 Å². The number of ether oxygens (including phenoxy) is 1. The average Bonchev–Trinajstić information content (AvgIpc) is 2.99. The molecule has 0 aromatic carbocycles. The second-order valence-electron chi connectivity index (χ2n) is 5.75. The molecule has 0 aromatic heterocycles. The van der Waals surface area contributed by atoms with E-state index in [2.05, 4.69) is 12.2 Å². The fraction of sp³-hybridized carbons (Fsp3) is 0.846. The van der Waals surface area contributed by atoms with E-state index in [4.69, 9.17) is 4.74 Å². The second-order valence-corrected chi connectivity index (χ2v) is 5.75. The van der Waals surface area contributed by atoms with Crippen molar-refractivity contribution in [1.29, 1.82) is 0 Å². The first-order valence-corrected chi connectivity index (χ1v) is 6.90. The Bertz CT molecular complexity index is 376. The molecule has 0 bridgehead atoms. The van der Waals surface area contributed by atoms with Crippen LogP contribution in [0.5, 0.6) is 0 Å². The van der Waals surface area contributed by atoms with Crippen LogP contribution in [0.15, 0.2) is 0 Å². The summed E-state index contributed by atoms with van der Waals surface area (Å²) in [7, 11) is 0. The topological polar surface area (TPSA) is 58.6 Å². The molecule has 18 heavy (non-hydrogen) atoms. The highest BCUT2D eigenvalue weighted by Gasteiger charge is 2.54. The van der Waals surface area contributed by atoms with Crippen LogP contribution in [0.25, 0.3) is 0 Å². The Kier molecular flexibility index (Phi) is 2.81. The summed E-state index contributed by atoms with van der Waals surface area (Å²) < 4.78 is 5.78. The maximum absolute atomic E-state index is 12.0. The van der Waals surface area contributed by atoms with Gasteiger partial charge in [0.2, 0.25) is 0 Å². The van der Waals surface area contributed by atoms with Crippen molar-refractivity contribution in [3.63, 3.8) is 0 Å². The molecule has 1 aliphatic carbocycles. The lowest BCUT2D eigenvalue weighted by Crippen LogP contribution is -2.50. The SMILES string of the molecule is CC1CCC(CN2C(=O)NC(=O)C23CCCC3)O1. The summed E-state index contributed by atoms with van der Waals surface area (Å²) in [4.78, 5) is 25.7. The van der Waals surface area contributed by atoms with Crippen LogP contribution in [0.4, 0.5) is 4.79 Å². The summed E-state index contributed by atoms with van der Waals surface area (Å²) >= 11 is 0. The summed E-state index contributed by atoms with van der Waals surface area (Å²) in [6, 6.07) is -0.231. The van der Waals surface area contributed by atoms with Gasteiger partial charge >= 0.3 is 6.03 Å². The highest BCUT2D eigenvalue weighted by molar-refractivity contribution is 6.07. The predicted molar refractivity (Wildman–Crippen MR) is 65.0 cm³/mol. The van der Waals surface area contributed by atoms with Crippen LogP contribution >= 0.6 is 0 Å². The Hall–Kier alpha value is -1.10. The largest absolute Gasteiger partial charge is 0.373 e. The molecule has 1 N–H and O–H groups in total. The summed E-state index contributed by atoms with van der Waals surface area (Å²) in [6.07, 6.45) is 6.04. The molecular weight excluding hydrogens is 232 g/mol. The van der Waals surface area contributed by atoms with E-state index < -0.39 is 5.54 Å². The fourth-order valence-corrected chi connectivity index (χ4v) is 3.54. The zero-order valence-corrected chi connectivity index (χ0v) is 10.8. The van der Waals surface area contributed by atoms with Gasteiger partial charge in [0.15, 0.2) is 0 Å². The molecule has 2 atom stereocenters. The monoisotopic (exact) mass is 252 g/mol. The van der Waals surface area contributed by atoms with Gasteiger partial charge in [-0.25, -0.2) is 4.79 Å². The third kappa shape index (κ3) is 1.72. The molecule has 100 valence electrons. The number of carbonyl (C=O) groups excluding carboxylic acids is 2. The first kappa shape index (κ1) is 12.0. The minimum atomic E-state index is -0.563. The van der Waals surface area contributed by atoms with E-state index in [9.17, 15) is 9.59 Å².